The molecule has 0 spiro atoms. The summed E-state index contributed by atoms with van der Waals surface area (Å²) in [7, 11) is 3.90. The maximum Gasteiger partial charge on any atom is 0.226 e. The van der Waals surface area contributed by atoms with E-state index in [4.69, 9.17) is 0 Å². The predicted molar refractivity (Wildman–Crippen MR) is 100 cm³/mol. The number of aromatic nitrogens is 3. The third-order valence-electron chi connectivity index (χ3n) is 4.07. The second kappa shape index (κ2) is 7.90. The van der Waals surface area contributed by atoms with Crippen LogP contribution in [0.2, 0.25) is 0 Å². The van der Waals surface area contributed by atoms with Gasteiger partial charge in [0.1, 0.15) is 5.82 Å². The van der Waals surface area contributed by atoms with Gasteiger partial charge in [-0.1, -0.05) is 0 Å². The molecule has 2 aromatic heterocycles. The SMILES string of the molecule is CN(C)c1nccc(NC2CCCN(Cc3ccc(Br)cn3)C2)n1. The van der Waals surface area contributed by atoms with Crippen LogP contribution < -0.4 is 10.2 Å². The van der Waals surface area contributed by atoms with Gasteiger partial charge < -0.3 is 10.2 Å². The molecule has 0 radical (unpaired) electrons. The zero-order valence-electron chi connectivity index (χ0n) is 14.1. The highest BCUT2D eigenvalue weighted by atomic mass is 79.9. The van der Waals surface area contributed by atoms with Gasteiger partial charge in [-0.3, -0.25) is 9.88 Å². The molecule has 3 rings (SSSR count). The van der Waals surface area contributed by atoms with Crippen LogP contribution in [0, 0.1) is 0 Å². The minimum Gasteiger partial charge on any atom is -0.366 e. The minimum absolute atomic E-state index is 0.402. The molecule has 0 saturated carbocycles. The van der Waals surface area contributed by atoms with Crippen molar-refractivity contribution in [3.8, 4) is 0 Å². The molecule has 0 amide bonds. The van der Waals surface area contributed by atoms with E-state index in [1.54, 1.807) is 6.20 Å². The molecule has 0 bridgehead atoms. The number of pyridine rings is 1. The highest BCUT2D eigenvalue weighted by Crippen LogP contribution is 2.18. The van der Waals surface area contributed by atoms with Gasteiger partial charge in [0.15, 0.2) is 0 Å². The molecule has 3 heterocycles. The summed E-state index contributed by atoms with van der Waals surface area (Å²) in [4.78, 5) is 17.7. The van der Waals surface area contributed by atoms with E-state index in [0.29, 0.717) is 6.04 Å². The molecule has 1 saturated heterocycles. The van der Waals surface area contributed by atoms with Crippen molar-refractivity contribution in [2.45, 2.75) is 25.4 Å². The number of rotatable bonds is 5. The van der Waals surface area contributed by atoms with Crippen LogP contribution in [0.4, 0.5) is 11.8 Å². The summed E-state index contributed by atoms with van der Waals surface area (Å²) in [6.45, 7) is 3.00. The Kier molecular flexibility index (Phi) is 5.63. The molecule has 1 fully saturated rings. The van der Waals surface area contributed by atoms with Gasteiger partial charge in [-0.25, -0.2) is 4.98 Å². The Balaban J connectivity index is 1.59. The van der Waals surface area contributed by atoms with Crippen molar-refractivity contribution in [2.24, 2.45) is 0 Å². The van der Waals surface area contributed by atoms with Crippen LogP contribution >= 0.6 is 15.9 Å². The van der Waals surface area contributed by atoms with Crippen molar-refractivity contribution in [3.05, 3.63) is 40.8 Å². The molecule has 128 valence electrons. The van der Waals surface area contributed by atoms with Crippen molar-refractivity contribution in [1.29, 1.82) is 0 Å². The van der Waals surface area contributed by atoms with E-state index in [9.17, 15) is 0 Å². The van der Waals surface area contributed by atoms with E-state index in [-0.39, 0.29) is 0 Å². The fourth-order valence-corrected chi connectivity index (χ4v) is 3.13. The Hall–Kier alpha value is -1.73. The molecule has 1 unspecified atom stereocenters. The Labute approximate surface area is 151 Å². The average molecular weight is 391 g/mol. The average Bonchev–Trinajstić information content (AvgIpc) is 2.57. The largest absolute Gasteiger partial charge is 0.366 e. The molecule has 7 heteroatoms. The quantitative estimate of drug-likeness (QED) is 0.846. The van der Waals surface area contributed by atoms with Crippen molar-refractivity contribution < 1.29 is 0 Å². The van der Waals surface area contributed by atoms with Crippen molar-refractivity contribution in [2.75, 3.05) is 37.4 Å². The Bertz CT molecular complexity index is 660. The highest BCUT2D eigenvalue weighted by Gasteiger charge is 2.20. The third-order valence-corrected chi connectivity index (χ3v) is 4.54. The van der Waals surface area contributed by atoms with E-state index in [0.717, 1.165) is 48.0 Å². The van der Waals surface area contributed by atoms with E-state index in [2.05, 4.69) is 47.2 Å². The summed E-state index contributed by atoms with van der Waals surface area (Å²) in [6.07, 6.45) is 6.00. The van der Waals surface area contributed by atoms with Crippen LogP contribution in [0.1, 0.15) is 18.5 Å². The molecule has 1 aliphatic rings. The zero-order chi connectivity index (χ0) is 16.9. The molecular formula is C17H23BrN6. The van der Waals surface area contributed by atoms with Crippen LogP contribution in [0.15, 0.2) is 35.1 Å². The first-order chi connectivity index (χ1) is 11.6. The maximum absolute atomic E-state index is 4.55. The van der Waals surface area contributed by atoms with Crippen LogP contribution in [0.3, 0.4) is 0 Å². The molecule has 24 heavy (non-hydrogen) atoms. The molecular weight excluding hydrogens is 368 g/mol. The molecule has 1 N–H and O–H groups in total. The van der Waals surface area contributed by atoms with Gasteiger partial charge in [-0.15, -0.1) is 0 Å². The minimum atomic E-state index is 0.402. The normalized spacial score (nSPS) is 18.4. The van der Waals surface area contributed by atoms with Crippen LogP contribution in [0.5, 0.6) is 0 Å². The zero-order valence-corrected chi connectivity index (χ0v) is 15.7. The van der Waals surface area contributed by atoms with E-state index >= 15 is 0 Å². The van der Waals surface area contributed by atoms with Crippen molar-refractivity contribution in [1.82, 2.24) is 19.9 Å². The van der Waals surface area contributed by atoms with E-state index < -0.39 is 0 Å². The number of nitrogens with zero attached hydrogens (tertiary/aromatic N) is 5. The lowest BCUT2D eigenvalue weighted by atomic mass is 10.1. The number of piperidine rings is 1. The number of likely N-dealkylation sites (tertiary alicyclic amines) is 1. The summed E-state index contributed by atoms with van der Waals surface area (Å²) in [5, 5.41) is 3.55. The maximum atomic E-state index is 4.55. The first-order valence-electron chi connectivity index (χ1n) is 8.20. The number of nitrogens with one attached hydrogen (secondary N) is 1. The van der Waals surface area contributed by atoms with Crippen LogP contribution in [-0.4, -0.2) is 53.1 Å². The lowest BCUT2D eigenvalue weighted by molar-refractivity contribution is 0.206. The second-order valence-corrected chi connectivity index (χ2v) is 7.24. The Morgan fingerprint density at radius 3 is 2.92 bits per heavy atom. The monoisotopic (exact) mass is 390 g/mol. The molecule has 1 aliphatic heterocycles. The first-order valence-corrected chi connectivity index (χ1v) is 8.99. The van der Waals surface area contributed by atoms with E-state index in [1.807, 2.05) is 37.3 Å². The molecule has 2 aromatic rings. The lowest BCUT2D eigenvalue weighted by Crippen LogP contribution is -2.41. The van der Waals surface area contributed by atoms with Crippen molar-refractivity contribution in [3.63, 3.8) is 0 Å². The fraction of sp³-hybridized carbons (Fsp3) is 0.471. The third kappa shape index (κ3) is 4.64. The summed E-state index contributed by atoms with van der Waals surface area (Å²) in [6, 6.07) is 6.46. The summed E-state index contributed by atoms with van der Waals surface area (Å²) >= 11 is 3.43. The van der Waals surface area contributed by atoms with Gasteiger partial charge in [0.25, 0.3) is 0 Å². The van der Waals surface area contributed by atoms with Gasteiger partial charge in [-0.05, 0) is 53.5 Å². The lowest BCUT2D eigenvalue weighted by Gasteiger charge is -2.33. The standard InChI is InChI=1S/C17H23BrN6/c1-23(2)17-19-8-7-16(22-17)21-15-4-3-9-24(12-15)11-14-6-5-13(18)10-20-14/h5-8,10,15H,3-4,9,11-12H2,1-2H3,(H,19,21,22). The highest BCUT2D eigenvalue weighted by molar-refractivity contribution is 9.10. The summed E-state index contributed by atoms with van der Waals surface area (Å²) in [5.41, 5.74) is 1.11. The first kappa shape index (κ1) is 17.1. The molecule has 0 aliphatic carbocycles. The predicted octanol–water partition coefficient (Wildman–Crippen LogP) is 2.78. The smallest absolute Gasteiger partial charge is 0.226 e. The molecule has 0 aromatic carbocycles. The topological polar surface area (TPSA) is 57.2 Å². The Morgan fingerprint density at radius 2 is 2.17 bits per heavy atom. The van der Waals surface area contributed by atoms with Gasteiger partial charge in [-0.2, -0.15) is 4.98 Å². The van der Waals surface area contributed by atoms with Gasteiger partial charge in [0.2, 0.25) is 5.95 Å². The van der Waals surface area contributed by atoms with Crippen molar-refractivity contribution >= 4 is 27.7 Å². The number of halogens is 1. The van der Waals surface area contributed by atoms with Gasteiger partial charge in [0.05, 0.1) is 5.69 Å². The van der Waals surface area contributed by atoms with Gasteiger partial charge in [0, 0.05) is 50.1 Å². The number of hydrogen-bond donors (Lipinski definition) is 1. The fourth-order valence-electron chi connectivity index (χ4n) is 2.90. The summed E-state index contributed by atoms with van der Waals surface area (Å²) in [5.74, 6) is 1.62. The Morgan fingerprint density at radius 1 is 1.29 bits per heavy atom. The second-order valence-electron chi connectivity index (χ2n) is 6.32. The van der Waals surface area contributed by atoms with Gasteiger partial charge >= 0.3 is 0 Å². The molecule has 6 nitrogen and oxygen atoms in total. The summed E-state index contributed by atoms with van der Waals surface area (Å²) < 4.78 is 1.02. The number of anilines is 2. The van der Waals surface area contributed by atoms with E-state index in [1.165, 1.54) is 6.42 Å². The molecule has 1 atom stereocenters. The number of hydrogen-bond acceptors (Lipinski definition) is 6. The van der Waals surface area contributed by atoms with Crippen LogP contribution in [0.25, 0.3) is 0 Å². The van der Waals surface area contributed by atoms with Crippen LogP contribution in [-0.2, 0) is 6.54 Å².